The molecular formula is C16H13Br2NO. The summed E-state index contributed by atoms with van der Waals surface area (Å²) in [4.78, 5) is 4.69. The van der Waals surface area contributed by atoms with Crippen LogP contribution in [0.3, 0.4) is 0 Å². The molecule has 3 aromatic rings. The number of aromatic nitrogens is 1. The molecule has 2 nitrogen and oxygen atoms in total. The summed E-state index contributed by atoms with van der Waals surface area (Å²) in [6.07, 6.45) is 0.719. The minimum Gasteiger partial charge on any atom is -0.441 e. The summed E-state index contributed by atoms with van der Waals surface area (Å²) >= 11 is 7.33. The smallest absolute Gasteiger partial charge is 0.196 e. The molecule has 3 rings (SSSR count). The number of aryl methyl sites for hydroxylation is 1. The molecule has 0 aliphatic carbocycles. The minimum atomic E-state index is 0.171. The zero-order valence-corrected chi connectivity index (χ0v) is 14.1. The van der Waals surface area contributed by atoms with Crippen molar-refractivity contribution >= 4 is 43.0 Å². The van der Waals surface area contributed by atoms with Gasteiger partial charge in [0.25, 0.3) is 0 Å². The molecule has 0 radical (unpaired) electrons. The summed E-state index contributed by atoms with van der Waals surface area (Å²) < 4.78 is 6.87. The van der Waals surface area contributed by atoms with Crippen molar-refractivity contribution in [2.24, 2.45) is 0 Å². The van der Waals surface area contributed by atoms with E-state index in [0.29, 0.717) is 0 Å². The van der Waals surface area contributed by atoms with Crippen LogP contribution in [0.25, 0.3) is 11.1 Å². The van der Waals surface area contributed by atoms with Gasteiger partial charge in [-0.15, -0.1) is 0 Å². The molecule has 0 amide bonds. The summed E-state index contributed by atoms with van der Waals surface area (Å²) in [6, 6.07) is 14.2. The van der Waals surface area contributed by atoms with Crippen LogP contribution in [0.1, 0.15) is 21.8 Å². The van der Waals surface area contributed by atoms with Gasteiger partial charge in [-0.2, -0.15) is 0 Å². The number of fused-ring (bicyclic) bond motifs is 1. The molecule has 0 bridgehead atoms. The summed E-state index contributed by atoms with van der Waals surface area (Å²) in [7, 11) is 0. The topological polar surface area (TPSA) is 26.0 Å². The summed E-state index contributed by atoms with van der Waals surface area (Å²) in [5.41, 5.74) is 4.20. The van der Waals surface area contributed by atoms with Gasteiger partial charge in [0.05, 0.1) is 0 Å². The van der Waals surface area contributed by atoms with Crippen molar-refractivity contribution in [3.05, 3.63) is 64.0 Å². The molecule has 0 N–H and O–H groups in total. The number of para-hydroxylation sites is 2. The first kappa shape index (κ1) is 13.8. The van der Waals surface area contributed by atoms with Gasteiger partial charge in [-0.25, -0.2) is 4.98 Å². The molecule has 102 valence electrons. The predicted molar refractivity (Wildman–Crippen MR) is 88.3 cm³/mol. The van der Waals surface area contributed by atoms with Gasteiger partial charge >= 0.3 is 0 Å². The highest BCUT2D eigenvalue weighted by Gasteiger charge is 2.15. The minimum absolute atomic E-state index is 0.171. The van der Waals surface area contributed by atoms with Gasteiger partial charge in [0, 0.05) is 15.7 Å². The van der Waals surface area contributed by atoms with Crippen LogP contribution < -0.4 is 0 Å². The van der Waals surface area contributed by atoms with Gasteiger partial charge in [-0.3, -0.25) is 0 Å². The molecule has 1 unspecified atom stereocenters. The number of rotatable bonds is 3. The van der Waals surface area contributed by atoms with Crippen LogP contribution in [-0.2, 0) is 6.42 Å². The average Bonchev–Trinajstić information content (AvgIpc) is 2.83. The average molecular weight is 395 g/mol. The van der Waals surface area contributed by atoms with Crippen molar-refractivity contribution in [1.82, 2.24) is 4.98 Å². The third-order valence-electron chi connectivity index (χ3n) is 3.18. The highest BCUT2D eigenvalue weighted by molar-refractivity contribution is 9.11. The van der Waals surface area contributed by atoms with Gasteiger partial charge in [-0.05, 0) is 30.7 Å². The Labute approximate surface area is 134 Å². The predicted octanol–water partition coefficient (Wildman–Crippen LogP) is 5.58. The van der Waals surface area contributed by atoms with Crippen molar-refractivity contribution < 1.29 is 4.42 Å². The Morgan fingerprint density at radius 1 is 1.20 bits per heavy atom. The molecule has 0 aliphatic heterocycles. The molecule has 1 aromatic heterocycles. The van der Waals surface area contributed by atoms with E-state index in [2.05, 4.69) is 62.0 Å². The Morgan fingerprint density at radius 3 is 2.80 bits per heavy atom. The molecule has 1 heterocycles. The number of alkyl halides is 1. The number of halogens is 2. The van der Waals surface area contributed by atoms with E-state index < -0.39 is 0 Å². The number of hydrogen-bond acceptors (Lipinski definition) is 2. The maximum atomic E-state index is 5.77. The molecule has 20 heavy (non-hydrogen) atoms. The molecule has 2 aromatic carbocycles. The lowest BCUT2D eigenvalue weighted by molar-refractivity contribution is 0.527. The first-order valence-corrected chi connectivity index (χ1v) is 8.09. The second kappa shape index (κ2) is 5.70. The van der Waals surface area contributed by atoms with Gasteiger partial charge in [0.1, 0.15) is 5.52 Å². The van der Waals surface area contributed by atoms with Crippen molar-refractivity contribution in [3.63, 3.8) is 0 Å². The fraction of sp³-hybridized carbons (Fsp3) is 0.188. The van der Waals surface area contributed by atoms with E-state index in [1.54, 1.807) is 0 Å². The van der Waals surface area contributed by atoms with E-state index in [-0.39, 0.29) is 4.83 Å². The molecule has 0 saturated carbocycles. The Bertz CT molecular complexity index is 718. The SMILES string of the molecule is Cc1ccc(Br)c(C(Br)Cc2nc3ccccc3o2)c1. The van der Waals surface area contributed by atoms with E-state index in [0.717, 1.165) is 27.9 Å². The highest BCUT2D eigenvalue weighted by Crippen LogP contribution is 2.33. The van der Waals surface area contributed by atoms with Gasteiger partial charge in [0.2, 0.25) is 0 Å². The third kappa shape index (κ3) is 2.81. The molecular weight excluding hydrogens is 382 g/mol. The van der Waals surface area contributed by atoms with E-state index in [1.807, 2.05) is 24.3 Å². The van der Waals surface area contributed by atoms with E-state index in [9.17, 15) is 0 Å². The maximum absolute atomic E-state index is 5.77. The normalized spacial score (nSPS) is 12.8. The van der Waals surface area contributed by atoms with Gasteiger partial charge in [-0.1, -0.05) is 61.7 Å². The quantitative estimate of drug-likeness (QED) is 0.542. The zero-order valence-electron chi connectivity index (χ0n) is 10.9. The van der Waals surface area contributed by atoms with E-state index in [1.165, 1.54) is 11.1 Å². The molecule has 0 fully saturated rings. The van der Waals surface area contributed by atoms with Gasteiger partial charge in [0.15, 0.2) is 11.5 Å². The van der Waals surface area contributed by atoms with Gasteiger partial charge < -0.3 is 4.42 Å². The van der Waals surface area contributed by atoms with Crippen LogP contribution >= 0.6 is 31.9 Å². The van der Waals surface area contributed by atoms with Crippen molar-refractivity contribution in [2.45, 2.75) is 18.2 Å². The monoisotopic (exact) mass is 393 g/mol. The van der Waals surface area contributed by atoms with Crippen molar-refractivity contribution in [3.8, 4) is 0 Å². The Balaban J connectivity index is 1.88. The second-order valence-electron chi connectivity index (χ2n) is 4.77. The lowest BCUT2D eigenvalue weighted by Crippen LogP contribution is -1.97. The Morgan fingerprint density at radius 2 is 2.00 bits per heavy atom. The summed E-state index contributed by atoms with van der Waals surface area (Å²) in [5.74, 6) is 0.751. The van der Waals surface area contributed by atoms with E-state index in [4.69, 9.17) is 4.42 Å². The molecule has 4 heteroatoms. The number of benzene rings is 2. The fourth-order valence-corrected chi connectivity index (χ4v) is 3.66. The lowest BCUT2D eigenvalue weighted by atomic mass is 10.1. The first-order chi connectivity index (χ1) is 9.63. The third-order valence-corrected chi connectivity index (χ3v) is 4.72. The first-order valence-electron chi connectivity index (χ1n) is 6.38. The van der Waals surface area contributed by atoms with Crippen molar-refractivity contribution in [2.75, 3.05) is 0 Å². The van der Waals surface area contributed by atoms with Crippen molar-refractivity contribution in [1.29, 1.82) is 0 Å². The van der Waals surface area contributed by atoms with Crippen LogP contribution in [0, 0.1) is 6.92 Å². The molecule has 1 atom stereocenters. The largest absolute Gasteiger partial charge is 0.441 e. The fourth-order valence-electron chi connectivity index (χ4n) is 2.17. The Kier molecular flexibility index (Phi) is 3.94. The number of nitrogens with zero attached hydrogens (tertiary/aromatic N) is 1. The second-order valence-corrected chi connectivity index (χ2v) is 6.73. The lowest BCUT2D eigenvalue weighted by Gasteiger charge is -2.11. The molecule has 0 aliphatic rings. The molecule has 0 saturated heterocycles. The summed E-state index contributed by atoms with van der Waals surface area (Å²) in [5, 5.41) is 0. The van der Waals surface area contributed by atoms with E-state index >= 15 is 0 Å². The van der Waals surface area contributed by atoms with Crippen LogP contribution in [0.5, 0.6) is 0 Å². The van der Waals surface area contributed by atoms with Crippen LogP contribution in [0.4, 0.5) is 0 Å². The zero-order chi connectivity index (χ0) is 14.1. The maximum Gasteiger partial charge on any atom is 0.196 e. The van der Waals surface area contributed by atoms with Crippen LogP contribution in [-0.4, -0.2) is 4.98 Å². The number of hydrogen-bond donors (Lipinski definition) is 0. The van der Waals surface area contributed by atoms with Crippen LogP contribution in [0.15, 0.2) is 51.4 Å². The molecule has 0 spiro atoms. The Hall–Kier alpha value is -1.13. The summed E-state index contributed by atoms with van der Waals surface area (Å²) in [6.45, 7) is 2.09. The highest BCUT2D eigenvalue weighted by atomic mass is 79.9. The standard InChI is InChI=1S/C16H13Br2NO/c1-10-6-7-12(17)11(8-10)13(18)9-16-19-14-4-2-3-5-15(14)20-16/h2-8,13H,9H2,1H3. The number of oxazole rings is 1. The van der Waals surface area contributed by atoms with Crippen LogP contribution in [0.2, 0.25) is 0 Å².